The summed E-state index contributed by atoms with van der Waals surface area (Å²) >= 11 is 1.14. The number of carbonyl (C=O) groups excluding carboxylic acids is 1. The van der Waals surface area contributed by atoms with E-state index in [1.807, 2.05) is 34.9 Å². The minimum Gasteiger partial charge on any atom is -0.497 e. The second-order valence-electron chi connectivity index (χ2n) is 6.66. The van der Waals surface area contributed by atoms with Gasteiger partial charge in [-0.25, -0.2) is 8.78 Å². The van der Waals surface area contributed by atoms with Crippen molar-refractivity contribution in [2.24, 2.45) is 0 Å². The molecule has 0 aliphatic rings. The number of carbonyl (C=O) groups is 1. The Morgan fingerprint density at radius 2 is 2.03 bits per heavy atom. The van der Waals surface area contributed by atoms with Gasteiger partial charge in [-0.1, -0.05) is 23.9 Å². The van der Waals surface area contributed by atoms with Crippen LogP contribution in [0.2, 0.25) is 0 Å². The maximum Gasteiger partial charge on any atom is 0.234 e. The minimum atomic E-state index is -0.843. The van der Waals surface area contributed by atoms with Crippen LogP contribution in [0.3, 0.4) is 0 Å². The van der Waals surface area contributed by atoms with Crippen LogP contribution in [0.25, 0.3) is 11.4 Å². The fourth-order valence-corrected chi connectivity index (χ4v) is 3.72. The first kappa shape index (κ1) is 21.6. The summed E-state index contributed by atoms with van der Waals surface area (Å²) in [6.07, 6.45) is 1.57. The van der Waals surface area contributed by atoms with Crippen LogP contribution in [-0.4, -0.2) is 33.5 Å². The van der Waals surface area contributed by atoms with Crippen molar-refractivity contribution in [3.05, 3.63) is 78.3 Å². The molecule has 2 aromatic heterocycles. The number of halogens is 2. The van der Waals surface area contributed by atoms with Crippen molar-refractivity contribution in [1.82, 2.24) is 14.8 Å². The van der Waals surface area contributed by atoms with Crippen LogP contribution < -0.4 is 10.1 Å². The number of nitrogens with one attached hydrogen (secondary N) is 1. The number of benzene rings is 2. The maximum atomic E-state index is 13.8. The summed E-state index contributed by atoms with van der Waals surface area (Å²) in [5.41, 5.74) is 0.694. The topological polar surface area (TPSA) is 82.2 Å². The summed E-state index contributed by atoms with van der Waals surface area (Å²) < 4.78 is 39.4. The lowest BCUT2D eigenvalue weighted by Gasteiger charge is -2.10. The Kier molecular flexibility index (Phi) is 6.50. The van der Waals surface area contributed by atoms with E-state index in [-0.39, 0.29) is 11.4 Å². The zero-order chi connectivity index (χ0) is 22.5. The molecular formula is C22H18F2N4O3S. The summed E-state index contributed by atoms with van der Waals surface area (Å²) in [6.45, 7) is 0.350. The SMILES string of the molecule is COc1cccc(-c2nnc(SCC(=O)Nc3ccc(F)cc3F)n2Cc2ccco2)c1. The number of aromatic nitrogens is 3. The van der Waals surface area contributed by atoms with E-state index in [1.54, 1.807) is 19.4 Å². The van der Waals surface area contributed by atoms with Gasteiger partial charge >= 0.3 is 0 Å². The van der Waals surface area contributed by atoms with Crippen molar-refractivity contribution in [3.8, 4) is 17.1 Å². The molecule has 4 rings (SSSR count). The van der Waals surface area contributed by atoms with E-state index in [0.29, 0.717) is 35.1 Å². The molecule has 7 nitrogen and oxygen atoms in total. The van der Waals surface area contributed by atoms with Gasteiger partial charge in [-0.2, -0.15) is 0 Å². The molecule has 2 heterocycles. The zero-order valence-electron chi connectivity index (χ0n) is 16.9. The van der Waals surface area contributed by atoms with Crippen molar-refractivity contribution < 1.29 is 22.7 Å². The number of methoxy groups -OCH3 is 1. The first-order valence-electron chi connectivity index (χ1n) is 9.51. The molecule has 164 valence electrons. The highest BCUT2D eigenvalue weighted by atomic mass is 32.2. The van der Waals surface area contributed by atoms with Crippen LogP contribution in [0.15, 0.2) is 70.4 Å². The lowest BCUT2D eigenvalue weighted by molar-refractivity contribution is -0.113. The number of amides is 1. The minimum absolute atomic E-state index is 0.0504. The van der Waals surface area contributed by atoms with Gasteiger partial charge in [0.05, 0.1) is 31.4 Å². The first-order chi connectivity index (χ1) is 15.5. The predicted molar refractivity (Wildman–Crippen MR) is 116 cm³/mol. The number of nitrogens with zero attached hydrogens (tertiary/aromatic N) is 3. The van der Waals surface area contributed by atoms with Crippen LogP contribution in [-0.2, 0) is 11.3 Å². The van der Waals surface area contributed by atoms with E-state index in [2.05, 4.69) is 15.5 Å². The maximum absolute atomic E-state index is 13.8. The molecule has 0 bridgehead atoms. The van der Waals surface area contributed by atoms with Crippen LogP contribution in [0.1, 0.15) is 5.76 Å². The predicted octanol–water partition coefficient (Wildman–Crippen LogP) is 4.60. The lowest BCUT2D eigenvalue weighted by atomic mass is 10.2. The molecule has 2 aromatic carbocycles. The highest BCUT2D eigenvalue weighted by molar-refractivity contribution is 7.99. The van der Waals surface area contributed by atoms with E-state index in [0.717, 1.165) is 23.4 Å². The van der Waals surface area contributed by atoms with Crippen molar-refractivity contribution in [2.45, 2.75) is 11.7 Å². The second-order valence-corrected chi connectivity index (χ2v) is 7.61. The molecule has 0 saturated carbocycles. The van der Waals surface area contributed by atoms with Gasteiger partial charge in [0.2, 0.25) is 5.91 Å². The van der Waals surface area contributed by atoms with Gasteiger partial charge in [0.25, 0.3) is 0 Å². The van der Waals surface area contributed by atoms with E-state index in [4.69, 9.17) is 9.15 Å². The Morgan fingerprint density at radius 1 is 1.16 bits per heavy atom. The first-order valence-corrected chi connectivity index (χ1v) is 10.5. The van der Waals surface area contributed by atoms with Gasteiger partial charge in [-0.15, -0.1) is 10.2 Å². The average molecular weight is 456 g/mol. The number of anilines is 1. The van der Waals surface area contributed by atoms with E-state index < -0.39 is 17.5 Å². The van der Waals surface area contributed by atoms with E-state index >= 15 is 0 Å². The van der Waals surface area contributed by atoms with Gasteiger partial charge in [0.15, 0.2) is 11.0 Å². The largest absolute Gasteiger partial charge is 0.497 e. The normalized spacial score (nSPS) is 10.8. The van der Waals surface area contributed by atoms with Crippen LogP contribution in [0.5, 0.6) is 5.75 Å². The van der Waals surface area contributed by atoms with Gasteiger partial charge in [0.1, 0.15) is 23.1 Å². The van der Waals surface area contributed by atoms with Gasteiger partial charge in [0, 0.05) is 11.6 Å². The van der Waals surface area contributed by atoms with Gasteiger partial charge < -0.3 is 14.5 Å². The monoisotopic (exact) mass is 456 g/mol. The smallest absolute Gasteiger partial charge is 0.234 e. The summed E-state index contributed by atoms with van der Waals surface area (Å²) in [5, 5.41) is 11.4. The van der Waals surface area contributed by atoms with Gasteiger partial charge in [-0.3, -0.25) is 9.36 Å². The Morgan fingerprint density at radius 3 is 2.78 bits per heavy atom. The fraction of sp³-hybridized carbons (Fsp3) is 0.136. The molecule has 1 amide bonds. The summed E-state index contributed by atoms with van der Waals surface area (Å²) in [4.78, 5) is 12.3. The second kappa shape index (κ2) is 9.65. The summed E-state index contributed by atoms with van der Waals surface area (Å²) in [7, 11) is 1.58. The zero-order valence-corrected chi connectivity index (χ0v) is 17.7. The van der Waals surface area contributed by atoms with E-state index in [1.165, 1.54) is 6.07 Å². The fourth-order valence-electron chi connectivity index (χ4n) is 2.98. The standard InChI is InChI=1S/C22H18F2N4O3S/c1-30-16-5-2-4-14(10-16)21-26-27-22(28(21)12-17-6-3-9-31-17)32-13-20(29)25-19-8-7-15(23)11-18(19)24/h2-11H,12-13H2,1H3,(H,25,29). The Labute approximate surface area is 186 Å². The van der Waals surface area contributed by atoms with Crippen molar-refractivity contribution in [3.63, 3.8) is 0 Å². The van der Waals surface area contributed by atoms with Gasteiger partial charge in [-0.05, 0) is 36.4 Å². The molecule has 0 fully saturated rings. The molecule has 0 unspecified atom stereocenters. The number of furan rings is 1. The van der Waals surface area contributed by atoms with Crippen LogP contribution in [0, 0.1) is 11.6 Å². The Bertz CT molecular complexity index is 1230. The molecule has 32 heavy (non-hydrogen) atoms. The molecule has 0 saturated heterocycles. The number of hydrogen-bond acceptors (Lipinski definition) is 6. The molecule has 0 radical (unpaired) electrons. The molecule has 1 N–H and O–H groups in total. The molecule has 0 aliphatic heterocycles. The van der Waals surface area contributed by atoms with Crippen molar-refractivity contribution in [2.75, 3.05) is 18.2 Å². The lowest BCUT2D eigenvalue weighted by Crippen LogP contribution is -2.16. The molecule has 0 aliphatic carbocycles. The molecular weight excluding hydrogens is 438 g/mol. The summed E-state index contributed by atoms with van der Waals surface area (Å²) in [5.74, 6) is -0.136. The van der Waals surface area contributed by atoms with Crippen molar-refractivity contribution in [1.29, 1.82) is 0 Å². The highest BCUT2D eigenvalue weighted by Crippen LogP contribution is 2.28. The third kappa shape index (κ3) is 4.97. The molecule has 0 spiro atoms. The van der Waals surface area contributed by atoms with Crippen molar-refractivity contribution >= 4 is 23.4 Å². The number of thioether (sulfide) groups is 1. The van der Waals surface area contributed by atoms with Crippen LogP contribution in [0.4, 0.5) is 14.5 Å². The average Bonchev–Trinajstić information content (AvgIpc) is 3.45. The highest BCUT2D eigenvalue weighted by Gasteiger charge is 2.18. The molecule has 4 aromatic rings. The number of rotatable bonds is 8. The third-order valence-corrected chi connectivity index (χ3v) is 5.44. The molecule has 0 atom stereocenters. The number of ether oxygens (including phenoxy) is 1. The number of hydrogen-bond donors (Lipinski definition) is 1. The Balaban J connectivity index is 1.55. The Hall–Kier alpha value is -3.66. The molecule has 10 heteroatoms. The van der Waals surface area contributed by atoms with E-state index in [9.17, 15) is 13.6 Å². The third-order valence-electron chi connectivity index (χ3n) is 4.48. The quantitative estimate of drug-likeness (QED) is 0.390. The van der Waals surface area contributed by atoms with Crippen LogP contribution >= 0.6 is 11.8 Å². The summed E-state index contributed by atoms with van der Waals surface area (Å²) in [6, 6.07) is 14.0.